The Kier molecular flexibility index (Phi) is 4.85. The topological polar surface area (TPSA) is 55.9 Å². The maximum absolute atomic E-state index is 13.0. The molecule has 3 saturated heterocycles. The molecule has 3 rings (SSSR count). The number of hydrogen-bond acceptors (Lipinski definition) is 4. The van der Waals surface area contributed by atoms with Crippen molar-refractivity contribution in [2.75, 3.05) is 45.8 Å². The molecule has 3 aliphatic heterocycles. The third-order valence-corrected chi connectivity index (χ3v) is 7.17. The first-order chi connectivity index (χ1) is 10.1. The predicted octanol–water partition coefficient (Wildman–Crippen LogP) is 0.0851. The summed E-state index contributed by atoms with van der Waals surface area (Å²) in [5, 5.41) is 3.28. The van der Waals surface area contributed by atoms with E-state index < -0.39 is 10.2 Å². The van der Waals surface area contributed by atoms with E-state index in [1.165, 1.54) is 12.8 Å². The lowest BCUT2D eigenvalue weighted by atomic mass is 9.99. The standard InChI is InChI=1S/C14H28N4O2S/c1-13-11-16-8-3-2-5-14(16)12-18(13)21(19,20)17-9-4-6-15-7-10-17/h13-15H,2-12H2,1H3. The average molecular weight is 316 g/mol. The summed E-state index contributed by atoms with van der Waals surface area (Å²) >= 11 is 0. The lowest BCUT2D eigenvalue weighted by molar-refractivity contribution is 0.0534. The van der Waals surface area contributed by atoms with Gasteiger partial charge in [-0.1, -0.05) is 6.42 Å². The molecule has 2 unspecified atom stereocenters. The molecule has 3 fully saturated rings. The molecular weight excluding hydrogens is 288 g/mol. The van der Waals surface area contributed by atoms with Gasteiger partial charge in [0.05, 0.1) is 0 Å². The minimum absolute atomic E-state index is 0.0839. The zero-order valence-corrected chi connectivity index (χ0v) is 13.8. The number of piperazine rings is 1. The molecule has 0 spiro atoms. The molecule has 6 nitrogen and oxygen atoms in total. The van der Waals surface area contributed by atoms with Gasteiger partial charge in [0.15, 0.2) is 0 Å². The molecule has 0 radical (unpaired) electrons. The first kappa shape index (κ1) is 15.7. The van der Waals surface area contributed by atoms with E-state index in [0.29, 0.717) is 25.7 Å². The van der Waals surface area contributed by atoms with Crippen LogP contribution in [0.3, 0.4) is 0 Å². The van der Waals surface area contributed by atoms with Crippen LogP contribution >= 0.6 is 0 Å². The molecule has 0 aliphatic carbocycles. The Balaban J connectivity index is 1.74. The molecular formula is C14H28N4O2S. The Hall–Kier alpha value is -0.210. The monoisotopic (exact) mass is 316 g/mol. The third-order valence-electron chi connectivity index (χ3n) is 5.05. The van der Waals surface area contributed by atoms with Crippen LogP contribution in [0.2, 0.25) is 0 Å². The highest BCUT2D eigenvalue weighted by molar-refractivity contribution is 7.86. The van der Waals surface area contributed by atoms with Crippen molar-refractivity contribution in [3.63, 3.8) is 0 Å². The SMILES string of the molecule is CC1CN2CCCCC2CN1S(=O)(=O)N1CCCNCC1. The Morgan fingerprint density at radius 2 is 1.86 bits per heavy atom. The number of hydrogen-bond donors (Lipinski definition) is 1. The number of nitrogens with one attached hydrogen (secondary N) is 1. The molecule has 3 aliphatic rings. The summed E-state index contributed by atoms with van der Waals surface area (Å²) < 4.78 is 29.4. The fourth-order valence-electron chi connectivity index (χ4n) is 3.85. The zero-order valence-electron chi connectivity index (χ0n) is 13.0. The molecule has 1 N–H and O–H groups in total. The van der Waals surface area contributed by atoms with Crippen LogP contribution in [0, 0.1) is 0 Å². The second-order valence-electron chi connectivity index (χ2n) is 6.57. The quantitative estimate of drug-likeness (QED) is 0.784. The molecule has 21 heavy (non-hydrogen) atoms. The van der Waals surface area contributed by atoms with E-state index >= 15 is 0 Å². The van der Waals surface area contributed by atoms with Crippen molar-refractivity contribution < 1.29 is 8.42 Å². The number of rotatable bonds is 2. The number of piperidine rings is 1. The van der Waals surface area contributed by atoms with Crippen LogP contribution in [0.15, 0.2) is 0 Å². The van der Waals surface area contributed by atoms with Crippen molar-refractivity contribution in [2.24, 2.45) is 0 Å². The lowest BCUT2D eigenvalue weighted by Gasteiger charge is -2.47. The van der Waals surface area contributed by atoms with Crippen molar-refractivity contribution in [3.8, 4) is 0 Å². The Morgan fingerprint density at radius 3 is 2.71 bits per heavy atom. The first-order valence-corrected chi connectivity index (χ1v) is 9.70. The van der Waals surface area contributed by atoms with Gasteiger partial charge in [0.1, 0.15) is 0 Å². The van der Waals surface area contributed by atoms with Gasteiger partial charge in [-0.2, -0.15) is 17.0 Å². The lowest BCUT2D eigenvalue weighted by Crippen LogP contribution is -2.62. The highest BCUT2D eigenvalue weighted by Crippen LogP contribution is 2.27. The van der Waals surface area contributed by atoms with E-state index in [9.17, 15) is 8.42 Å². The first-order valence-electron chi connectivity index (χ1n) is 8.31. The second kappa shape index (κ2) is 6.50. The van der Waals surface area contributed by atoms with Crippen LogP contribution in [0.5, 0.6) is 0 Å². The molecule has 2 atom stereocenters. The zero-order chi connectivity index (χ0) is 14.9. The summed E-state index contributed by atoms with van der Waals surface area (Å²) in [6.45, 7) is 7.67. The molecule has 0 aromatic rings. The van der Waals surface area contributed by atoms with Gasteiger partial charge in [0.2, 0.25) is 0 Å². The number of fused-ring (bicyclic) bond motifs is 1. The maximum Gasteiger partial charge on any atom is 0.282 e. The van der Waals surface area contributed by atoms with E-state index in [0.717, 1.165) is 39.0 Å². The van der Waals surface area contributed by atoms with Gasteiger partial charge < -0.3 is 5.32 Å². The van der Waals surface area contributed by atoms with Crippen LogP contribution in [0.25, 0.3) is 0 Å². The van der Waals surface area contributed by atoms with E-state index in [1.807, 2.05) is 0 Å². The van der Waals surface area contributed by atoms with Crippen LogP contribution in [0.1, 0.15) is 32.6 Å². The van der Waals surface area contributed by atoms with Crippen LogP contribution in [-0.4, -0.2) is 79.8 Å². The highest BCUT2D eigenvalue weighted by atomic mass is 32.2. The summed E-state index contributed by atoms with van der Waals surface area (Å²) in [7, 11) is -3.31. The van der Waals surface area contributed by atoms with Crippen LogP contribution in [0.4, 0.5) is 0 Å². The smallest absolute Gasteiger partial charge is 0.282 e. The largest absolute Gasteiger partial charge is 0.315 e. The van der Waals surface area contributed by atoms with Crippen LogP contribution in [-0.2, 0) is 10.2 Å². The molecule has 7 heteroatoms. The van der Waals surface area contributed by atoms with E-state index in [4.69, 9.17) is 0 Å². The molecule has 0 saturated carbocycles. The second-order valence-corrected chi connectivity index (χ2v) is 8.45. The summed E-state index contributed by atoms with van der Waals surface area (Å²) in [5.74, 6) is 0. The fraction of sp³-hybridized carbons (Fsp3) is 1.00. The molecule has 3 heterocycles. The number of nitrogens with zero attached hydrogens (tertiary/aromatic N) is 3. The van der Waals surface area contributed by atoms with Crippen molar-refractivity contribution in [3.05, 3.63) is 0 Å². The Labute approximate surface area is 128 Å². The van der Waals surface area contributed by atoms with Crippen LogP contribution < -0.4 is 5.32 Å². The van der Waals surface area contributed by atoms with Crippen molar-refractivity contribution in [1.29, 1.82) is 0 Å². The van der Waals surface area contributed by atoms with Gasteiger partial charge in [-0.25, -0.2) is 0 Å². The van der Waals surface area contributed by atoms with Gasteiger partial charge in [-0.15, -0.1) is 0 Å². The van der Waals surface area contributed by atoms with Gasteiger partial charge in [-0.05, 0) is 39.3 Å². The predicted molar refractivity (Wildman–Crippen MR) is 83.4 cm³/mol. The highest BCUT2D eigenvalue weighted by Gasteiger charge is 2.41. The summed E-state index contributed by atoms with van der Waals surface area (Å²) in [6, 6.07) is 0.510. The van der Waals surface area contributed by atoms with Gasteiger partial charge in [-0.3, -0.25) is 4.90 Å². The summed E-state index contributed by atoms with van der Waals surface area (Å²) in [5.41, 5.74) is 0. The normalized spacial score (nSPS) is 34.3. The Bertz CT molecular complexity index is 448. The molecule has 0 bridgehead atoms. The molecule has 0 aromatic carbocycles. The van der Waals surface area contributed by atoms with Gasteiger partial charge in [0, 0.05) is 44.8 Å². The van der Waals surface area contributed by atoms with Gasteiger partial charge in [0.25, 0.3) is 10.2 Å². The van der Waals surface area contributed by atoms with E-state index in [2.05, 4.69) is 17.1 Å². The molecule has 0 aromatic heterocycles. The summed E-state index contributed by atoms with van der Waals surface area (Å²) in [6.07, 6.45) is 4.53. The van der Waals surface area contributed by atoms with Crippen molar-refractivity contribution >= 4 is 10.2 Å². The average Bonchev–Trinajstić information content (AvgIpc) is 2.76. The summed E-state index contributed by atoms with van der Waals surface area (Å²) in [4.78, 5) is 2.49. The van der Waals surface area contributed by atoms with Gasteiger partial charge >= 0.3 is 0 Å². The van der Waals surface area contributed by atoms with Crippen molar-refractivity contribution in [2.45, 2.75) is 44.7 Å². The minimum Gasteiger partial charge on any atom is -0.315 e. The minimum atomic E-state index is -3.31. The molecule has 0 amide bonds. The van der Waals surface area contributed by atoms with E-state index in [1.54, 1.807) is 8.61 Å². The van der Waals surface area contributed by atoms with E-state index in [-0.39, 0.29) is 6.04 Å². The maximum atomic E-state index is 13.0. The molecule has 122 valence electrons. The Morgan fingerprint density at radius 1 is 1.00 bits per heavy atom. The fourth-order valence-corrected chi connectivity index (χ4v) is 5.71. The van der Waals surface area contributed by atoms with Crippen molar-refractivity contribution in [1.82, 2.24) is 18.8 Å². The third kappa shape index (κ3) is 3.27.